The van der Waals surface area contributed by atoms with Crippen LogP contribution in [-0.4, -0.2) is 5.91 Å². The van der Waals surface area contributed by atoms with Crippen molar-refractivity contribution in [2.24, 2.45) is 17.6 Å². The summed E-state index contributed by atoms with van der Waals surface area (Å²) in [6, 6.07) is 0. The van der Waals surface area contributed by atoms with Crippen LogP contribution in [0.15, 0.2) is 0 Å². The van der Waals surface area contributed by atoms with Crippen LogP contribution in [0.5, 0.6) is 0 Å². The van der Waals surface area contributed by atoms with Gasteiger partial charge in [-0.3, -0.25) is 4.79 Å². The average Bonchev–Trinajstić information content (AvgIpc) is 3.20. The summed E-state index contributed by atoms with van der Waals surface area (Å²) in [6.07, 6.45) is 19.8. The lowest BCUT2D eigenvalue weighted by Crippen LogP contribution is -2.09. The van der Waals surface area contributed by atoms with Crippen LogP contribution in [0, 0.1) is 11.8 Å². The third-order valence-electron chi connectivity index (χ3n) is 5.00. The minimum Gasteiger partial charge on any atom is -0.370 e. The summed E-state index contributed by atoms with van der Waals surface area (Å²) in [5.41, 5.74) is 5.13. The zero-order valence-corrected chi connectivity index (χ0v) is 14.2. The second-order valence-electron chi connectivity index (χ2n) is 7.09. The highest BCUT2D eigenvalue weighted by Crippen LogP contribution is 2.45. The van der Waals surface area contributed by atoms with Gasteiger partial charge in [-0.1, -0.05) is 84.0 Å². The molecule has 2 heteroatoms. The first-order chi connectivity index (χ1) is 10.2. The van der Waals surface area contributed by atoms with E-state index in [9.17, 15) is 4.79 Å². The van der Waals surface area contributed by atoms with Gasteiger partial charge in [-0.25, -0.2) is 0 Å². The van der Waals surface area contributed by atoms with E-state index < -0.39 is 0 Å². The molecule has 124 valence electrons. The van der Waals surface area contributed by atoms with Crippen LogP contribution in [0.3, 0.4) is 0 Å². The van der Waals surface area contributed by atoms with Crippen molar-refractivity contribution in [3.8, 4) is 0 Å². The molecule has 1 amide bonds. The number of carbonyl (C=O) groups is 1. The number of unbranched alkanes of at least 4 members (excludes halogenated alkanes) is 9. The summed E-state index contributed by atoms with van der Waals surface area (Å²) in [6.45, 7) is 2.28. The van der Waals surface area contributed by atoms with Crippen molar-refractivity contribution in [1.29, 1.82) is 0 Å². The van der Waals surface area contributed by atoms with Crippen molar-refractivity contribution < 1.29 is 4.79 Å². The first-order valence-corrected chi connectivity index (χ1v) is 9.52. The third-order valence-corrected chi connectivity index (χ3v) is 5.00. The van der Waals surface area contributed by atoms with Gasteiger partial charge in [0.25, 0.3) is 0 Å². The summed E-state index contributed by atoms with van der Waals surface area (Å²) in [5.74, 6) is 1.99. The van der Waals surface area contributed by atoms with Gasteiger partial charge in [-0.15, -0.1) is 0 Å². The Morgan fingerprint density at radius 3 is 1.81 bits per heavy atom. The molecule has 1 saturated carbocycles. The van der Waals surface area contributed by atoms with E-state index in [-0.39, 0.29) is 5.91 Å². The number of amides is 1. The zero-order chi connectivity index (χ0) is 15.3. The molecule has 2 N–H and O–H groups in total. The second-order valence-corrected chi connectivity index (χ2v) is 7.09. The van der Waals surface area contributed by atoms with Crippen LogP contribution < -0.4 is 5.73 Å². The fourth-order valence-corrected chi connectivity index (χ4v) is 3.44. The summed E-state index contributed by atoms with van der Waals surface area (Å²) < 4.78 is 0. The molecular formula is C19H37NO. The molecule has 21 heavy (non-hydrogen) atoms. The summed E-state index contributed by atoms with van der Waals surface area (Å²) in [7, 11) is 0. The SMILES string of the molecule is CCCCCCCCC1CC1CCCCCCCC(N)=O. The molecule has 0 aromatic rings. The molecule has 1 aliphatic rings. The van der Waals surface area contributed by atoms with E-state index in [1.165, 1.54) is 83.5 Å². The molecular weight excluding hydrogens is 258 g/mol. The van der Waals surface area contributed by atoms with Crippen molar-refractivity contribution in [3.63, 3.8) is 0 Å². The van der Waals surface area contributed by atoms with Gasteiger partial charge in [0.15, 0.2) is 0 Å². The molecule has 2 atom stereocenters. The maximum Gasteiger partial charge on any atom is 0.217 e. The van der Waals surface area contributed by atoms with Crippen LogP contribution in [0.1, 0.15) is 103 Å². The predicted molar refractivity (Wildman–Crippen MR) is 91.1 cm³/mol. The van der Waals surface area contributed by atoms with Crippen molar-refractivity contribution in [2.45, 2.75) is 103 Å². The van der Waals surface area contributed by atoms with Gasteiger partial charge in [0.2, 0.25) is 5.91 Å². The van der Waals surface area contributed by atoms with Crippen molar-refractivity contribution >= 4 is 5.91 Å². The van der Waals surface area contributed by atoms with Crippen molar-refractivity contribution in [3.05, 3.63) is 0 Å². The van der Waals surface area contributed by atoms with Crippen molar-refractivity contribution in [2.75, 3.05) is 0 Å². The van der Waals surface area contributed by atoms with Crippen LogP contribution in [-0.2, 0) is 4.79 Å². The molecule has 0 heterocycles. The minimum atomic E-state index is -0.148. The Kier molecular flexibility index (Phi) is 10.6. The van der Waals surface area contributed by atoms with Gasteiger partial charge in [0, 0.05) is 6.42 Å². The fraction of sp³-hybridized carbons (Fsp3) is 0.947. The third kappa shape index (κ3) is 10.8. The minimum absolute atomic E-state index is 0.148. The predicted octanol–water partition coefficient (Wildman–Crippen LogP) is 5.59. The van der Waals surface area contributed by atoms with E-state index in [4.69, 9.17) is 5.73 Å². The van der Waals surface area contributed by atoms with Crippen LogP contribution in [0.25, 0.3) is 0 Å². The van der Waals surface area contributed by atoms with E-state index in [1.54, 1.807) is 0 Å². The molecule has 2 nitrogen and oxygen atoms in total. The highest BCUT2D eigenvalue weighted by Gasteiger charge is 2.34. The molecule has 2 unspecified atom stereocenters. The Bertz CT molecular complexity index is 264. The lowest BCUT2D eigenvalue weighted by atomic mass is 10.0. The largest absolute Gasteiger partial charge is 0.370 e. The highest BCUT2D eigenvalue weighted by atomic mass is 16.1. The Morgan fingerprint density at radius 1 is 0.810 bits per heavy atom. The number of rotatable bonds is 15. The Labute approximate surface area is 132 Å². The zero-order valence-electron chi connectivity index (χ0n) is 14.2. The van der Waals surface area contributed by atoms with Gasteiger partial charge >= 0.3 is 0 Å². The van der Waals surface area contributed by atoms with Gasteiger partial charge < -0.3 is 5.73 Å². The molecule has 0 bridgehead atoms. The number of carbonyl (C=O) groups excluding carboxylic acids is 1. The molecule has 1 rings (SSSR count). The second kappa shape index (κ2) is 12.1. The number of primary amides is 1. The summed E-state index contributed by atoms with van der Waals surface area (Å²) >= 11 is 0. The van der Waals surface area contributed by atoms with Gasteiger partial charge in [-0.2, -0.15) is 0 Å². The Hall–Kier alpha value is -0.530. The van der Waals surface area contributed by atoms with E-state index in [0.717, 1.165) is 18.3 Å². The van der Waals surface area contributed by atoms with Gasteiger partial charge in [0.05, 0.1) is 0 Å². The molecule has 0 aromatic heterocycles. The molecule has 0 spiro atoms. The van der Waals surface area contributed by atoms with E-state index >= 15 is 0 Å². The van der Waals surface area contributed by atoms with E-state index in [1.807, 2.05) is 0 Å². The molecule has 0 aliphatic heterocycles. The van der Waals surface area contributed by atoms with Crippen LogP contribution in [0.4, 0.5) is 0 Å². The Morgan fingerprint density at radius 2 is 1.29 bits per heavy atom. The molecule has 1 fully saturated rings. The maximum absolute atomic E-state index is 10.6. The normalized spacial score (nSPS) is 20.6. The smallest absolute Gasteiger partial charge is 0.217 e. The molecule has 0 aromatic carbocycles. The van der Waals surface area contributed by atoms with Gasteiger partial charge in [0.1, 0.15) is 0 Å². The molecule has 0 saturated heterocycles. The summed E-state index contributed by atoms with van der Waals surface area (Å²) in [5, 5.41) is 0. The number of hydrogen-bond donors (Lipinski definition) is 1. The van der Waals surface area contributed by atoms with E-state index in [2.05, 4.69) is 6.92 Å². The lowest BCUT2D eigenvalue weighted by Gasteiger charge is -2.02. The topological polar surface area (TPSA) is 43.1 Å². The van der Waals surface area contributed by atoms with E-state index in [0.29, 0.717) is 6.42 Å². The molecule has 0 radical (unpaired) electrons. The lowest BCUT2D eigenvalue weighted by molar-refractivity contribution is -0.118. The number of nitrogens with two attached hydrogens (primary N) is 1. The first-order valence-electron chi connectivity index (χ1n) is 9.52. The quantitative estimate of drug-likeness (QED) is 0.393. The Balaban J connectivity index is 1.77. The standard InChI is InChI=1S/C19H37NO/c1-2-3-4-5-7-10-13-17-16-18(17)14-11-8-6-9-12-15-19(20)21/h17-18H,2-16H2,1H3,(H2,20,21). The fourth-order valence-electron chi connectivity index (χ4n) is 3.44. The van der Waals surface area contributed by atoms with Crippen LogP contribution in [0.2, 0.25) is 0 Å². The van der Waals surface area contributed by atoms with Crippen LogP contribution >= 0.6 is 0 Å². The summed E-state index contributed by atoms with van der Waals surface area (Å²) in [4.78, 5) is 10.6. The molecule has 1 aliphatic carbocycles. The van der Waals surface area contributed by atoms with Crippen molar-refractivity contribution in [1.82, 2.24) is 0 Å². The highest BCUT2D eigenvalue weighted by molar-refractivity contribution is 5.73. The monoisotopic (exact) mass is 295 g/mol. The first kappa shape index (κ1) is 18.5. The number of hydrogen-bond acceptors (Lipinski definition) is 1. The average molecular weight is 296 g/mol. The maximum atomic E-state index is 10.6. The van der Waals surface area contributed by atoms with Gasteiger partial charge in [-0.05, 0) is 24.7 Å².